The van der Waals surface area contributed by atoms with Crippen molar-refractivity contribution in [3.05, 3.63) is 41.8 Å². The molecular weight excluding hydrogens is 157 g/mol. The largest absolute Gasteiger partial charge is 0.506 e. The molecule has 0 aliphatic heterocycles. The molecule has 0 amide bonds. The zero-order valence-corrected chi connectivity index (χ0v) is 6.71. The summed E-state index contributed by atoms with van der Waals surface area (Å²) in [5, 5.41) is 12.0. The Labute approximate surface area is 70.3 Å². The SMILES string of the molecule is CN/C=C(\O)c1ccc(F)cc1. The second kappa shape index (κ2) is 3.76. The molecule has 0 heterocycles. The van der Waals surface area contributed by atoms with Crippen LogP contribution in [-0.4, -0.2) is 12.2 Å². The van der Waals surface area contributed by atoms with Crippen LogP contribution in [0.15, 0.2) is 30.5 Å². The van der Waals surface area contributed by atoms with Crippen LogP contribution in [0, 0.1) is 5.82 Å². The molecule has 0 spiro atoms. The Morgan fingerprint density at radius 1 is 1.42 bits per heavy atom. The minimum absolute atomic E-state index is 0.0949. The van der Waals surface area contributed by atoms with E-state index in [1.54, 1.807) is 7.05 Å². The molecule has 0 bridgehead atoms. The van der Waals surface area contributed by atoms with Crippen molar-refractivity contribution in [3.8, 4) is 0 Å². The van der Waals surface area contributed by atoms with Crippen molar-refractivity contribution in [1.82, 2.24) is 5.32 Å². The second-order valence-electron chi connectivity index (χ2n) is 2.33. The Morgan fingerprint density at radius 2 is 2.00 bits per heavy atom. The normalized spacial score (nSPS) is 11.3. The first-order chi connectivity index (χ1) is 5.74. The lowest BCUT2D eigenvalue weighted by Gasteiger charge is -1.98. The molecule has 3 heteroatoms. The Balaban J connectivity index is 2.89. The van der Waals surface area contributed by atoms with Crippen molar-refractivity contribution in [2.24, 2.45) is 0 Å². The molecule has 2 nitrogen and oxygen atoms in total. The molecule has 0 aliphatic rings. The summed E-state index contributed by atoms with van der Waals surface area (Å²) in [6.45, 7) is 0. The van der Waals surface area contributed by atoms with Gasteiger partial charge in [-0.1, -0.05) is 0 Å². The third-order valence-electron chi connectivity index (χ3n) is 1.42. The van der Waals surface area contributed by atoms with E-state index in [2.05, 4.69) is 5.32 Å². The van der Waals surface area contributed by atoms with Gasteiger partial charge >= 0.3 is 0 Å². The fourth-order valence-electron chi connectivity index (χ4n) is 0.841. The van der Waals surface area contributed by atoms with E-state index < -0.39 is 0 Å². The van der Waals surface area contributed by atoms with Crippen LogP contribution >= 0.6 is 0 Å². The quantitative estimate of drug-likeness (QED) is 0.659. The van der Waals surface area contributed by atoms with Gasteiger partial charge in [0.25, 0.3) is 0 Å². The lowest BCUT2D eigenvalue weighted by molar-refractivity contribution is 0.508. The van der Waals surface area contributed by atoms with E-state index in [4.69, 9.17) is 0 Å². The molecule has 12 heavy (non-hydrogen) atoms. The first-order valence-corrected chi connectivity index (χ1v) is 3.56. The molecule has 0 atom stereocenters. The van der Waals surface area contributed by atoms with E-state index in [9.17, 15) is 9.50 Å². The molecule has 2 N–H and O–H groups in total. The minimum Gasteiger partial charge on any atom is -0.506 e. The lowest BCUT2D eigenvalue weighted by Crippen LogP contribution is -1.95. The number of nitrogens with one attached hydrogen (secondary N) is 1. The molecule has 1 aromatic rings. The molecule has 0 saturated carbocycles. The highest BCUT2D eigenvalue weighted by atomic mass is 19.1. The number of halogens is 1. The molecule has 0 unspecified atom stereocenters. The predicted molar refractivity (Wildman–Crippen MR) is 46.1 cm³/mol. The average molecular weight is 167 g/mol. The second-order valence-corrected chi connectivity index (χ2v) is 2.33. The van der Waals surface area contributed by atoms with Crippen LogP contribution in [0.2, 0.25) is 0 Å². The van der Waals surface area contributed by atoms with E-state index in [1.165, 1.54) is 30.5 Å². The standard InChI is InChI=1S/C9H10FNO/c1-11-6-9(12)7-2-4-8(10)5-3-7/h2-6,11-12H,1H3/b9-6-. The van der Waals surface area contributed by atoms with Gasteiger partial charge in [-0.05, 0) is 24.3 Å². The van der Waals surface area contributed by atoms with Gasteiger partial charge in [-0.15, -0.1) is 0 Å². The van der Waals surface area contributed by atoms with Gasteiger partial charge in [-0.3, -0.25) is 0 Å². The van der Waals surface area contributed by atoms with Crippen LogP contribution in [0.4, 0.5) is 4.39 Å². The van der Waals surface area contributed by atoms with E-state index in [0.29, 0.717) is 5.56 Å². The van der Waals surface area contributed by atoms with E-state index in [-0.39, 0.29) is 11.6 Å². The maximum atomic E-state index is 12.4. The van der Waals surface area contributed by atoms with Gasteiger partial charge in [0.2, 0.25) is 0 Å². The summed E-state index contributed by atoms with van der Waals surface area (Å²) in [6.07, 6.45) is 1.44. The van der Waals surface area contributed by atoms with E-state index in [1.807, 2.05) is 0 Å². The van der Waals surface area contributed by atoms with Crippen LogP contribution in [0.3, 0.4) is 0 Å². The number of rotatable bonds is 2. The van der Waals surface area contributed by atoms with Gasteiger partial charge in [-0.25, -0.2) is 4.39 Å². The summed E-state index contributed by atoms with van der Waals surface area (Å²) in [5.41, 5.74) is 0.589. The Hall–Kier alpha value is -1.51. The molecule has 0 fully saturated rings. The number of hydrogen-bond acceptors (Lipinski definition) is 2. The van der Waals surface area contributed by atoms with Gasteiger partial charge in [0.05, 0.1) is 0 Å². The van der Waals surface area contributed by atoms with Crippen molar-refractivity contribution in [2.45, 2.75) is 0 Å². The Morgan fingerprint density at radius 3 is 2.50 bits per heavy atom. The summed E-state index contributed by atoms with van der Waals surface area (Å²) < 4.78 is 12.4. The van der Waals surface area contributed by atoms with Gasteiger partial charge in [0.1, 0.15) is 11.6 Å². The molecule has 64 valence electrons. The highest BCUT2D eigenvalue weighted by Gasteiger charge is 1.96. The maximum Gasteiger partial charge on any atom is 0.138 e. The van der Waals surface area contributed by atoms with E-state index >= 15 is 0 Å². The molecule has 1 aromatic carbocycles. The fourth-order valence-corrected chi connectivity index (χ4v) is 0.841. The first kappa shape index (κ1) is 8.59. The van der Waals surface area contributed by atoms with Crippen molar-refractivity contribution in [3.63, 3.8) is 0 Å². The summed E-state index contributed by atoms with van der Waals surface area (Å²) in [6, 6.07) is 5.63. The summed E-state index contributed by atoms with van der Waals surface area (Å²) in [5.74, 6) is -0.214. The zero-order chi connectivity index (χ0) is 8.97. The monoisotopic (exact) mass is 167 g/mol. The smallest absolute Gasteiger partial charge is 0.138 e. The predicted octanol–water partition coefficient (Wildman–Crippen LogP) is 1.90. The van der Waals surface area contributed by atoms with Gasteiger partial charge in [-0.2, -0.15) is 0 Å². The molecular formula is C9H10FNO. The molecule has 0 aliphatic carbocycles. The number of aliphatic hydroxyl groups is 1. The third-order valence-corrected chi connectivity index (χ3v) is 1.42. The zero-order valence-electron chi connectivity index (χ0n) is 6.71. The van der Waals surface area contributed by atoms with Crippen molar-refractivity contribution >= 4 is 5.76 Å². The topological polar surface area (TPSA) is 32.3 Å². The Bertz CT molecular complexity index is 279. The first-order valence-electron chi connectivity index (χ1n) is 3.56. The third kappa shape index (κ3) is 1.99. The minimum atomic E-state index is -0.309. The summed E-state index contributed by atoms with van der Waals surface area (Å²) >= 11 is 0. The number of aliphatic hydroxyl groups excluding tert-OH is 1. The average Bonchev–Trinajstić information content (AvgIpc) is 2.06. The van der Waals surface area contributed by atoms with E-state index in [0.717, 1.165) is 0 Å². The van der Waals surface area contributed by atoms with Gasteiger partial charge < -0.3 is 10.4 Å². The van der Waals surface area contributed by atoms with Crippen LogP contribution in [-0.2, 0) is 0 Å². The van der Waals surface area contributed by atoms with Crippen molar-refractivity contribution in [2.75, 3.05) is 7.05 Å². The van der Waals surface area contributed by atoms with Crippen LogP contribution in [0.25, 0.3) is 5.76 Å². The summed E-state index contributed by atoms with van der Waals surface area (Å²) in [7, 11) is 1.68. The van der Waals surface area contributed by atoms with Crippen LogP contribution < -0.4 is 5.32 Å². The molecule has 0 radical (unpaired) electrons. The lowest BCUT2D eigenvalue weighted by atomic mass is 10.2. The highest BCUT2D eigenvalue weighted by Crippen LogP contribution is 2.10. The van der Waals surface area contributed by atoms with Crippen molar-refractivity contribution in [1.29, 1.82) is 0 Å². The molecule has 0 aromatic heterocycles. The Kier molecular flexibility index (Phi) is 2.69. The molecule has 1 rings (SSSR count). The summed E-state index contributed by atoms with van der Waals surface area (Å²) in [4.78, 5) is 0. The van der Waals surface area contributed by atoms with Crippen molar-refractivity contribution < 1.29 is 9.50 Å². The van der Waals surface area contributed by atoms with Gasteiger partial charge in [0.15, 0.2) is 0 Å². The highest BCUT2D eigenvalue weighted by molar-refractivity contribution is 5.57. The van der Waals surface area contributed by atoms with Gasteiger partial charge in [0, 0.05) is 18.8 Å². The van der Waals surface area contributed by atoms with Crippen LogP contribution in [0.1, 0.15) is 5.56 Å². The molecule has 0 saturated heterocycles. The number of hydrogen-bond donors (Lipinski definition) is 2. The number of benzene rings is 1. The fraction of sp³-hybridized carbons (Fsp3) is 0.111. The van der Waals surface area contributed by atoms with Crippen LogP contribution in [0.5, 0.6) is 0 Å². The maximum absolute atomic E-state index is 12.4.